The van der Waals surface area contributed by atoms with Crippen molar-refractivity contribution >= 4 is 39.1 Å². The molecule has 0 saturated heterocycles. The predicted molar refractivity (Wildman–Crippen MR) is 143 cm³/mol. The second kappa shape index (κ2) is 10.1. The Kier molecular flexibility index (Phi) is 6.74. The lowest BCUT2D eigenvalue weighted by Crippen LogP contribution is -2.17. The third kappa shape index (κ3) is 4.46. The van der Waals surface area contributed by atoms with Crippen molar-refractivity contribution in [1.82, 2.24) is 4.98 Å². The number of aromatic nitrogens is 1. The van der Waals surface area contributed by atoms with Crippen LogP contribution >= 0.6 is 11.3 Å². The fraction of sp³-hybridized carbons (Fsp3) is 0.276. The molecule has 0 spiro atoms. The van der Waals surface area contributed by atoms with Crippen LogP contribution in [0.25, 0.3) is 22.2 Å². The molecular weight excluding hydrogens is 472 g/mol. The van der Waals surface area contributed by atoms with E-state index in [9.17, 15) is 9.59 Å². The van der Waals surface area contributed by atoms with Crippen molar-refractivity contribution in [2.45, 2.75) is 32.6 Å². The topological polar surface area (TPSA) is 77.5 Å². The van der Waals surface area contributed by atoms with Gasteiger partial charge >= 0.3 is 5.97 Å². The van der Waals surface area contributed by atoms with Gasteiger partial charge in [-0.05, 0) is 67.1 Å². The second-order valence-corrected chi connectivity index (χ2v) is 10.1. The number of esters is 1. The summed E-state index contributed by atoms with van der Waals surface area (Å²) in [6, 6.07) is 17.0. The van der Waals surface area contributed by atoms with Crippen LogP contribution in [0, 0.1) is 5.92 Å². The number of pyridine rings is 1. The van der Waals surface area contributed by atoms with Crippen molar-refractivity contribution in [1.29, 1.82) is 0 Å². The highest BCUT2D eigenvalue weighted by Gasteiger charge is 2.30. The van der Waals surface area contributed by atoms with Crippen LogP contribution < -0.4 is 10.1 Å². The Morgan fingerprint density at radius 2 is 1.89 bits per heavy atom. The minimum atomic E-state index is -0.406. The van der Waals surface area contributed by atoms with E-state index in [-0.39, 0.29) is 5.91 Å². The number of carbonyl (C=O) groups excluding carboxylic acids is 2. The molecule has 2 heterocycles. The molecule has 2 aromatic heterocycles. The largest absolute Gasteiger partial charge is 0.497 e. The maximum absolute atomic E-state index is 13.7. The lowest BCUT2D eigenvalue weighted by atomic mass is 9.85. The number of ether oxygens (including phenoxy) is 2. The van der Waals surface area contributed by atoms with Gasteiger partial charge in [0, 0.05) is 15.8 Å². The van der Waals surface area contributed by atoms with Gasteiger partial charge in [0.25, 0.3) is 5.91 Å². The molecule has 4 aromatic rings. The first-order chi connectivity index (χ1) is 17.5. The van der Waals surface area contributed by atoms with Crippen molar-refractivity contribution in [3.8, 4) is 17.0 Å². The molecule has 1 N–H and O–H groups in total. The third-order valence-electron chi connectivity index (χ3n) is 6.91. The number of fused-ring (bicyclic) bond motifs is 2. The predicted octanol–water partition coefficient (Wildman–Crippen LogP) is 6.53. The van der Waals surface area contributed by atoms with Crippen LogP contribution in [-0.4, -0.2) is 31.1 Å². The highest BCUT2D eigenvalue weighted by Crippen LogP contribution is 2.41. The molecule has 1 unspecified atom stereocenters. The molecule has 184 valence electrons. The Balaban J connectivity index is 1.56. The first kappa shape index (κ1) is 24.0. The molecule has 0 aliphatic heterocycles. The summed E-state index contributed by atoms with van der Waals surface area (Å²) >= 11 is 1.50. The smallest absolute Gasteiger partial charge is 0.341 e. The van der Waals surface area contributed by atoms with Crippen molar-refractivity contribution in [2.24, 2.45) is 5.92 Å². The maximum atomic E-state index is 13.7. The zero-order valence-electron chi connectivity index (χ0n) is 20.6. The van der Waals surface area contributed by atoms with E-state index in [4.69, 9.17) is 14.5 Å². The monoisotopic (exact) mass is 500 g/mol. The maximum Gasteiger partial charge on any atom is 0.341 e. The summed E-state index contributed by atoms with van der Waals surface area (Å²) < 4.78 is 10.4. The molecule has 2 aromatic carbocycles. The average molecular weight is 501 g/mol. The van der Waals surface area contributed by atoms with Crippen LogP contribution in [0.5, 0.6) is 5.75 Å². The molecule has 5 rings (SSSR count). The number of hydrogen-bond acceptors (Lipinski definition) is 6. The van der Waals surface area contributed by atoms with Crippen molar-refractivity contribution in [3.63, 3.8) is 0 Å². The zero-order chi connectivity index (χ0) is 25.2. The standard InChI is InChI=1S/C29H28N2O4S/c1-4-17-9-14-21-25(15-17)36-28(26(21)29(33)35-3)31-27(32)22-16-24(18-10-12-19(34-2)13-11-18)30-23-8-6-5-7-20(22)23/h5-8,10-13,16-17H,4,9,14-15H2,1-3H3,(H,31,32). The highest BCUT2D eigenvalue weighted by atomic mass is 32.1. The Morgan fingerprint density at radius 3 is 2.61 bits per heavy atom. The fourth-order valence-corrected chi connectivity index (χ4v) is 6.20. The van der Waals surface area contributed by atoms with Crippen LogP contribution in [-0.2, 0) is 17.6 Å². The number of nitrogens with zero attached hydrogens (tertiary/aromatic N) is 1. The van der Waals surface area contributed by atoms with Gasteiger partial charge in [-0.25, -0.2) is 9.78 Å². The van der Waals surface area contributed by atoms with Gasteiger partial charge in [0.2, 0.25) is 0 Å². The molecule has 1 amide bonds. The van der Waals surface area contributed by atoms with Crippen LogP contribution in [0.4, 0.5) is 5.00 Å². The van der Waals surface area contributed by atoms with Gasteiger partial charge in [0.15, 0.2) is 0 Å². The Hall–Kier alpha value is -3.71. The normalized spacial score (nSPS) is 14.8. The van der Waals surface area contributed by atoms with Crippen LogP contribution in [0.2, 0.25) is 0 Å². The van der Waals surface area contributed by atoms with Gasteiger partial charge in [0.1, 0.15) is 10.8 Å². The molecule has 1 aliphatic carbocycles. The van der Waals surface area contributed by atoms with E-state index < -0.39 is 5.97 Å². The second-order valence-electron chi connectivity index (χ2n) is 8.97. The first-order valence-electron chi connectivity index (χ1n) is 12.1. The number of nitrogens with one attached hydrogen (secondary N) is 1. The molecule has 0 radical (unpaired) electrons. The van der Waals surface area contributed by atoms with Crippen LogP contribution in [0.15, 0.2) is 54.6 Å². The number of rotatable bonds is 6. The third-order valence-corrected chi connectivity index (χ3v) is 8.08. The summed E-state index contributed by atoms with van der Waals surface area (Å²) in [5.41, 5.74) is 4.30. The minimum absolute atomic E-state index is 0.279. The highest BCUT2D eigenvalue weighted by molar-refractivity contribution is 7.17. The summed E-state index contributed by atoms with van der Waals surface area (Å²) in [4.78, 5) is 32.4. The number of thiophene rings is 1. The van der Waals surface area contributed by atoms with E-state index in [1.54, 1.807) is 13.2 Å². The number of benzene rings is 2. The quantitative estimate of drug-likeness (QED) is 0.305. The van der Waals surface area contributed by atoms with Gasteiger partial charge in [-0.2, -0.15) is 0 Å². The summed E-state index contributed by atoms with van der Waals surface area (Å²) in [5.74, 6) is 0.664. The number of methoxy groups -OCH3 is 2. The number of carbonyl (C=O) groups is 2. The summed E-state index contributed by atoms with van der Waals surface area (Å²) in [5, 5.41) is 4.36. The molecule has 6 nitrogen and oxygen atoms in total. The van der Waals surface area contributed by atoms with Gasteiger partial charge in [-0.3, -0.25) is 4.79 Å². The first-order valence-corrected chi connectivity index (χ1v) is 12.9. The van der Waals surface area contributed by atoms with E-state index in [2.05, 4.69) is 12.2 Å². The SMILES string of the molecule is CCC1CCc2c(sc(NC(=O)c3cc(-c4ccc(OC)cc4)nc4ccccc34)c2C(=O)OC)C1. The Bertz CT molecular complexity index is 1440. The molecule has 1 aliphatic rings. The number of hydrogen-bond donors (Lipinski definition) is 1. The van der Waals surface area contributed by atoms with Gasteiger partial charge < -0.3 is 14.8 Å². The minimum Gasteiger partial charge on any atom is -0.497 e. The summed E-state index contributed by atoms with van der Waals surface area (Å²) in [6.07, 6.45) is 3.89. The summed E-state index contributed by atoms with van der Waals surface area (Å²) in [6.45, 7) is 2.20. The zero-order valence-corrected chi connectivity index (χ0v) is 21.4. The number of para-hydroxylation sites is 1. The van der Waals surface area contributed by atoms with E-state index in [0.29, 0.717) is 27.7 Å². The number of anilines is 1. The fourth-order valence-electron chi connectivity index (χ4n) is 4.85. The molecule has 7 heteroatoms. The molecule has 0 saturated carbocycles. The molecule has 0 bridgehead atoms. The number of amides is 1. The summed E-state index contributed by atoms with van der Waals surface area (Å²) in [7, 11) is 3.01. The van der Waals surface area contributed by atoms with Crippen molar-refractivity contribution < 1.29 is 19.1 Å². The van der Waals surface area contributed by atoms with Crippen molar-refractivity contribution in [3.05, 3.63) is 76.2 Å². The average Bonchev–Trinajstić information content (AvgIpc) is 3.28. The molecule has 36 heavy (non-hydrogen) atoms. The van der Waals surface area contributed by atoms with Crippen LogP contribution in [0.1, 0.15) is 50.9 Å². The van der Waals surface area contributed by atoms with E-state index >= 15 is 0 Å². The van der Waals surface area contributed by atoms with Gasteiger partial charge in [-0.1, -0.05) is 31.5 Å². The van der Waals surface area contributed by atoms with Crippen molar-refractivity contribution in [2.75, 3.05) is 19.5 Å². The van der Waals surface area contributed by atoms with Gasteiger partial charge in [0.05, 0.1) is 36.6 Å². The lowest BCUT2D eigenvalue weighted by molar-refractivity contribution is 0.0600. The van der Waals surface area contributed by atoms with E-state index in [1.807, 2.05) is 48.5 Å². The van der Waals surface area contributed by atoms with E-state index in [0.717, 1.165) is 53.5 Å². The molecular formula is C29H28N2O4S. The molecule has 1 atom stereocenters. The Labute approximate surface area is 214 Å². The molecule has 0 fully saturated rings. The van der Waals surface area contributed by atoms with Crippen LogP contribution in [0.3, 0.4) is 0 Å². The van der Waals surface area contributed by atoms with Gasteiger partial charge in [-0.15, -0.1) is 11.3 Å². The van der Waals surface area contributed by atoms with E-state index in [1.165, 1.54) is 23.3 Å². The lowest BCUT2D eigenvalue weighted by Gasteiger charge is -2.20. The Morgan fingerprint density at radius 1 is 1.11 bits per heavy atom.